The van der Waals surface area contributed by atoms with E-state index < -0.39 is 13.6 Å². The molecular formula is C17H29O6P. The summed E-state index contributed by atoms with van der Waals surface area (Å²) in [5.74, 6) is 0.968. The number of hydrogen-bond donors (Lipinski definition) is 0. The van der Waals surface area contributed by atoms with Crippen LogP contribution in [0.1, 0.15) is 62.1 Å². The van der Waals surface area contributed by atoms with Crippen LogP contribution in [-0.4, -0.2) is 25.8 Å². The molecule has 0 radical (unpaired) electrons. The molecule has 0 unspecified atom stereocenters. The first-order valence-electron chi connectivity index (χ1n) is 8.44. The second-order valence-electron chi connectivity index (χ2n) is 5.86. The van der Waals surface area contributed by atoms with Crippen molar-refractivity contribution in [3.05, 3.63) is 22.6 Å². The first-order valence-corrected chi connectivity index (χ1v) is 10.2. The molecule has 1 heterocycles. The Hall–Kier alpha value is -1.10. The summed E-state index contributed by atoms with van der Waals surface area (Å²) in [6, 6.07) is 0. The van der Waals surface area contributed by atoms with Crippen LogP contribution < -0.4 is 0 Å². The lowest BCUT2D eigenvalue weighted by atomic mass is 10.0. The zero-order valence-electron chi connectivity index (χ0n) is 15.5. The van der Waals surface area contributed by atoms with Gasteiger partial charge >= 0.3 is 13.6 Å². The van der Waals surface area contributed by atoms with E-state index in [2.05, 4.69) is 13.8 Å². The lowest BCUT2D eigenvalue weighted by molar-refractivity contribution is 0.0523. The van der Waals surface area contributed by atoms with Crippen LogP contribution in [0.25, 0.3) is 0 Å². The number of furan rings is 1. The average molecular weight is 360 g/mol. The van der Waals surface area contributed by atoms with E-state index in [1.54, 1.807) is 27.7 Å². The Morgan fingerprint density at radius 1 is 1.12 bits per heavy atom. The molecule has 0 amide bonds. The minimum absolute atomic E-state index is 0.00220. The second kappa shape index (κ2) is 9.40. The van der Waals surface area contributed by atoms with Gasteiger partial charge in [0.05, 0.1) is 26.0 Å². The molecule has 0 spiro atoms. The Bertz CT molecular complexity index is 580. The summed E-state index contributed by atoms with van der Waals surface area (Å²) in [6.45, 7) is 11.9. The third kappa shape index (κ3) is 5.47. The topological polar surface area (TPSA) is 75.0 Å². The highest BCUT2D eigenvalue weighted by Gasteiger charge is 2.33. The predicted octanol–water partition coefficient (Wildman–Crippen LogP) is 4.73. The summed E-state index contributed by atoms with van der Waals surface area (Å²) in [5, 5.41) is 0. The number of rotatable bonds is 10. The molecule has 138 valence electrons. The molecule has 0 bridgehead atoms. The van der Waals surface area contributed by atoms with Gasteiger partial charge < -0.3 is 18.2 Å². The molecule has 0 aliphatic carbocycles. The van der Waals surface area contributed by atoms with Gasteiger partial charge in [-0.15, -0.1) is 0 Å². The van der Waals surface area contributed by atoms with Crippen LogP contribution in [0, 0.1) is 12.8 Å². The van der Waals surface area contributed by atoms with Crippen LogP contribution in [0.5, 0.6) is 0 Å². The summed E-state index contributed by atoms with van der Waals surface area (Å²) in [7, 11) is -3.35. The molecule has 0 N–H and O–H groups in total. The maximum Gasteiger partial charge on any atom is 0.341 e. The number of esters is 1. The average Bonchev–Trinajstić information content (AvgIpc) is 2.74. The van der Waals surface area contributed by atoms with Gasteiger partial charge in [0.2, 0.25) is 0 Å². The monoisotopic (exact) mass is 360 g/mol. The fourth-order valence-corrected chi connectivity index (χ4v) is 4.30. The number of carbonyl (C=O) groups is 1. The number of aryl methyl sites for hydroxylation is 1. The Labute approximate surface area is 144 Å². The van der Waals surface area contributed by atoms with Gasteiger partial charge in [-0.25, -0.2) is 4.79 Å². The quantitative estimate of drug-likeness (QED) is 0.443. The van der Waals surface area contributed by atoms with Crippen molar-refractivity contribution >= 4 is 13.6 Å². The number of ether oxygens (including phenoxy) is 1. The van der Waals surface area contributed by atoms with Crippen LogP contribution in [0.15, 0.2) is 4.42 Å². The van der Waals surface area contributed by atoms with Gasteiger partial charge in [0.25, 0.3) is 0 Å². The molecular weight excluding hydrogens is 331 g/mol. The Morgan fingerprint density at radius 2 is 1.71 bits per heavy atom. The van der Waals surface area contributed by atoms with Gasteiger partial charge in [-0.2, -0.15) is 0 Å². The summed E-state index contributed by atoms with van der Waals surface area (Å²) in [6.07, 6.45) is 0.635. The minimum Gasteiger partial charge on any atom is -0.465 e. The number of hydrogen-bond acceptors (Lipinski definition) is 6. The van der Waals surface area contributed by atoms with Gasteiger partial charge in [0, 0.05) is 12.0 Å². The molecule has 24 heavy (non-hydrogen) atoms. The van der Waals surface area contributed by atoms with E-state index >= 15 is 0 Å². The highest BCUT2D eigenvalue weighted by molar-refractivity contribution is 7.53. The van der Waals surface area contributed by atoms with Gasteiger partial charge in [-0.3, -0.25) is 4.57 Å². The van der Waals surface area contributed by atoms with E-state index in [4.69, 9.17) is 18.2 Å². The van der Waals surface area contributed by atoms with Crippen molar-refractivity contribution in [3.8, 4) is 0 Å². The Kier molecular flexibility index (Phi) is 8.20. The van der Waals surface area contributed by atoms with Crippen molar-refractivity contribution in [2.75, 3.05) is 19.8 Å². The molecule has 7 heteroatoms. The van der Waals surface area contributed by atoms with Crippen molar-refractivity contribution in [1.29, 1.82) is 0 Å². The standard InChI is InChI=1S/C17H29O6P/c1-7-20-17(18)16-13(6)23-15(10-12(4)5)14(16)11-24(19,21-8-2)22-9-3/h12H,7-11H2,1-6H3. The van der Waals surface area contributed by atoms with Crippen molar-refractivity contribution in [1.82, 2.24) is 0 Å². The molecule has 0 atom stereocenters. The largest absolute Gasteiger partial charge is 0.465 e. The molecule has 0 aromatic carbocycles. The van der Waals surface area contributed by atoms with Crippen molar-refractivity contribution in [3.63, 3.8) is 0 Å². The van der Waals surface area contributed by atoms with E-state index in [-0.39, 0.29) is 26.0 Å². The Balaban J connectivity index is 3.34. The zero-order chi connectivity index (χ0) is 18.3. The first-order chi connectivity index (χ1) is 11.3. The number of carbonyl (C=O) groups excluding carboxylic acids is 1. The normalized spacial score (nSPS) is 12.0. The zero-order valence-corrected chi connectivity index (χ0v) is 16.4. The highest BCUT2D eigenvalue weighted by Crippen LogP contribution is 2.52. The molecule has 6 nitrogen and oxygen atoms in total. The smallest absolute Gasteiger partial charge is 0.341 e. The van der Waals surface area contributed by atoms with Crippen LogP contribution in [0.3, 0.4) is 0 Å². The maximum absolute atomic E-state index is 12.9. The van der Waals surface area contributed by atoms with Crippen LogP contribution >= 0.6 is 7.60 Å². The molecule has 0 saturated heterocycles. The molecule has 1 aromatic heterocycles. The van der Waals surface area contributed by atoms with Crippen molar-refractivity contribution in [2.24, 2.45) is 5.92 Å². The summed E-state index contributed by atoms with van der Waals surface area (Å²) in [5.41, 5.74) is 0.914. The molecule has 1 rings (SSSR count). The van der Waals surface area contributed by atoms with Crippen LogP contribution in [0.2, 0.25) is 0 Å². The van der Waals surface area contributed by atoms with E-state index in [0.29, 0.717) is 35.0 Å². The van der Waals surface area contributed by atoms with Gasteiger partial charge in [0.1, 0.15) is 17.1 Å². The second-order valence-corrected chi connectivity index (χ2v) is 7.91. The van der Waals surface area contributed by atoms with Crippen LogP contribution in [-0.2, 0) is 30.9 Å². The first kappa shape index (κ1) is 20.9. The van der Waals surface area contributed by atoms with Crippen molar-refractivity contribution < 1.29 is 27.6 Å². The van der Waals surface area contributed by atoms with E-state index in [9.17, 15) is 9.36 Å². The van der Waals surface area contributed by atoms with E-state index in [0.717, 1.165) is 0 Å². The predicted molar refractivity (Wildman–Crippen MR) is 92.5 cm³/mol. The molecule has 0 saturated carbocycles. The van der Waals surface area contributed by atoms with Gasteiger partial charge in [-0.05, 0) is 33.6 Å². The van der Waals surface area contributed by atoms with Crippen LogP contribution in [0.4, 0.5) is 0 Å². The molecule has 0 fully saturated rings. The van der Waals surface area contributed by atoms with E-state index in [1.165, 1.54) is 0 Å². The summed E-state index contributed by atoms with van der Waals surface area (Å²) >= 11 is 0. The third-order valence-corrected chi connectivity index (χ3v) is 5.35. The van der Waals surface area contributed by atoms with Crippen molar-refractivity contribution in [2.45, 2.75) is 54.1 Å². The highest BCUT2D eigenvalue weighted by atomic mass is 31.2. The summed E-state index contributed by atoms with van der Waals surface area (Å²) < 4.78 is 34.6. The third-order valence-electron chi connectivity index (χ3n) is 3.34. The van der Waals surface area contributed by atoms with E-state index in [1.807, 2.05) is 0 Å². The fraction of sp³-hybridized carbons (Fsp3) is 0.706. The molecule has 0 aliphatic rings. The minimum atomic E-state index is -3.35. The molecule has 1 aromatic rings. The SMILES string of the molecule is CCOC(=O)c1c(C)oc(CC(C)C)c1CP(=O)(OCC)OCC. The lowest BCUT2D eigenvalue weighted by Gasteiger charge is -2.18. The Morgan fingerprint density at radius 3 is 2.17 bits per heavy atom. The fourth-order valence-electron chi connectivity index (χ4n) is 2.54. The molecule has 0 aliphatic heterocycles. The maximum atomic E-state index is 12.9. The van der Waals surface area contributed by atoms with Gasteiger partial charge in [0.15, 0.2) is 0 Å². The van der Waals surface area contributed by atoms with Gasteiger partial charge in [-0.1, -0.05) is 13.8 Å². The summed E-state index contributed by atoms with van der Waals surface area (Å²) in [4.78, 5) is 12.3. The lowest BCUT2D eigenvalue weighted by Crippen LogP contribution is -2.10.